The lowest BCUT2D eigenvalue weighted by Crippen LogP contribution is -2.51. The molecule has 2 saturated heterocycles. The summed E-state index contributed by atoms with van der Waals surface area (Å²) in [7, 11) is -3.73. The molecule has 3 fully saturated rings. The highest BCUT2D eigenvalue weighted by Gasteiger charge is 2.30. The normalized spacial score (nSPS) is 20.9. The molecule has 2 aliphatic heterocycles. The summed E-state index contributed by atoms with van der Waals surface area (Å²) in [6, 6.07) is 7.25. The fourth-order valence-electron chi connectivity index (χ4n) is 5.50. The number of rotatable bonds is 4. The van der Waals surface area contributed by atoms with E-state index in [1.54, 1.807) is 29.2 Å². The molecule has 0 bridgehead atoms. The Balaban J connectivity index is 1.39. The van der Waals surface area contributed by atoms with E-state index in [-0.39, 0.29) is 17.5 Å². The summed E-state index contributed by atoms with van der Waals surface area (Å²) in [5.74, 6) is -0.401. The number of piperazine rings is 1. The smallest absolute Gasteiger partial charge is 0.271 e. The zero-order valence-corrected chi connectivity index (χ0v) is 20.4. The number of fused-ring (bicyclic) bond motifs is 1. The number of hydrogen-bond donors (Lipinski definition) is 0. The van der Waals surface area contributed by atoms with Crippen LogP contribution in [-0.2, 0) is 14.8 Å². The van der Waals surface area contributed by atoms with Crippen molar-refractivity contribution in [2.24, 2.45) is 0 Å². The predicted octanol–water partition coefficient (Wildman–Crippen LogP) is 1.62. The molecule has 3 heterocycles. The minimum atomic E-state index is -3.73. The minimum Gasteiger partial charge on any atom is -0.378 e. The van der Waals surface area contributed by atoms with Crippen LogP contribution in [0.1, 0.15) is 46.5 Å². The first-order chi connectivity index (χ1) is 16.3. The lowest BCUT2D eigenvalue weighted by molar-refractivity contribution is 0.0298. The van der Waals surface area contributed by atoms with Crippen molar-refractivity contribution in [3.05, 3.63) is 35.5 Å². The van der Waals surface area contributed by atoms with Gasteiger partial charge < -0.3 is 14.5 Å². The number of benzene rings is 1. The van der Waals surface area contributed by atoms with E-state index in [0.717, 1.165) is 23.3 Å². The second-order valence-electron chi connectivity index (χ2n) is 9.50. The van der Waals surface area contributed by atoms with E-state index in [1.165, 1.54) is 25.7 Å². The van der Waals surface area contributed by atoms with Gasteiger partial charge in [-0.05, 0) is 37.1 Å². The topological polar surface area (TPSA) is 92.2 Å². The number of aromatic nitrogens is 1. The van der Waals surface area contributed by atoms with Gasteiger partial charge in [-0.25, -0.2) is 12.4 Å². The van der Waals surface area contributed by atoms with Crippen LogP contribution in [0, 0.1) is 0 Å². The molecule has 0 atom stereocenters. The number of amides is 2. The van der Waals surface area contributed by atoms with Crippen LogP contribution in [0.15, 0.2) is 24.3 Å². The molecule has 1 aromatic heterocycles. The summed E-state index contributed by atoms with van der Waals surface area (Å²) in [5, 5.41) is 0.567. The zero-order valence-electron chi connectivity index (χ0n) is 19.6. The maximum atomic E-state index is 13.2. The van der Waals surface area contributed by atoms with Gasteiger partial charge in [0, 0.05) is 56.3 Å². The monoisotopic (exact) mass is 488 g/mol. The molecule has 3 aliphatic rings. The Bertz CT molecular complexity index is 1190. The maximum absolute atomic E-state index is 13.2. The predicted molar refractivity (Wildman–Crippen MR) is 129 cm³/mol. The number of nitrogens with zero attached hydrogens (tertiary/aromatic N) is 4. The number of ether oxygens (including phenoxy) is 1. The van der Waals surface area contributed by atoms with E-state index in [4.69, 9.17) is 4.74 Å². The maximum Gasteiger partial charge on any atom is 0.271 e. The fourth-order valence-corrected chi connectivity index (χ4v) is 6.51. The number of carbonyl (C=O) groups is 2. The van der Waals surface area contributed by atoms with Crippen molar-refractivity contribution < 1.29 is 22.7 Å². The Kier molecular flexibility index (Phi) is 6.39. The van der Waals surface area contributed by atoms with Crippen LogP contribution in [0.3, 0.4) is 0 Å². The van der Waals surface area contributed by atoms with Gasteiger partial charge in [0.25, 0.3) is 11.8 Å². The molecule has 0 unspecified atom stereocenters. The Morgan fingerprint density at radius 1 is 0.882 bits per heavy atom. The third kappa shape index (κ3) is 4.46. The third-order valence-electron chi connectivity index (χ3n) is 7.30. The number of morpholine rings is 1. The van der Waals surface area contributed by atoms with E-state index in [0.29, 0.717) is 61.9 Å². The van der Waals surface area contributed by atoms with Gasteiger partial charge in [0.2, 0.25) is 10.0 Å². The van der Waals surface area contributed by atoms with Crippen molar-refractivity contribution in [2.75, 3.05) is 58.7 Å². The molecular weight excluding hydrogens is 456 g/mol. The molecule has 0 N–H and O–H groups in total. The molecule has 1 aromatic carbocycles. The summed E-state index contributed by atoms with van der Waals surface area (Å²) >= 11 is 0. The fraction of sp³-hybridized carbons (Fsp3) is 0.583. The van der Waals surface area contributed by atoms with E-state index in [2.05, 4.69) is 4.90 Å². The quantitative estimate of drug-likeness (QED) is 0.650. The Hall–Kier alpha value is -2.43. The van der Waals surface area contributed by atoms with E-state index >= 15 is 0 Å². The van der Waals surface area contributed by atoms with Gasteiger partial charge in [-0.2, -0.15) is 0 Å². The average molecular weight is 489 g/mol. The minimum absolute atomic E-state index is 0.0545. The van der Waals surface area contributed by atoms with Crippen LogP contribution in [0.5, 0.6) is 0 Å². The molecule has 1 aliphatic carbocycles. The van der Waals surface area contributed by atoms with Crippen molar-refractivity contribution in [1.82, 2.24) is 18.7 Å². The van der Waals surface area contributed by atoms with Gasteiger partial charge in [-0.1, -0.05) is 12.8 Å². The summed E-state index contributed by atoms with van der Waals surface area (Å²) < 4.78 is 31.6. The first kappa shape index (κ1) is 23.3. The van der Waals surface area contributed by atoms with Gasteiger partial charge in [0.05, 0.1) is 25.0 Å². The van der Waals surface area contributed by atoms with Crippen LogP contribution >= 0.6 is 0 Å². The summed E-state index contributed by atoms with van der Waals surface area (Å²) in [6.45, 7) is 4.86. The summed E-state index contributed by atoms with van der Waals surface area (Å²) in [6.07, 6.45) is 6.20. The highest BCUT2D eigenvalue weighted by Crippen LogP contribution is 2.27. The standard InChI is InChI=1S/C24H32N4O5S/c1-34(31,32)28-21-7-6-18(16-19(21)17-22(28)24(30)27-12-14-33-15-13-27)23(29)26-10-8-25(9-11-26)20-4-2-3-5-20/h6-7,16-17,20H,2-5,8-15H2,1H3. The average Bonchev–Trinajstić information content (AvgIpc) is 3.51. The first-order valence-corrected chi connectivity index (χ1v) is 13.9. The van der Waals surface area contributed by atoms with Gasteiger partial charge in [0.15, 0.2) is 0 Å². The lowest BCUT2D eigenvalue weighted by Gasteiger charge is -2.38. The number of carbonyl (C=O) groups excluding carboxylic acids is 2. The molecule has 9 nitrogen and oxygen atoms in total. The van der Waals surface area contributed by atoms with Crippen LogP contribution in [0.25, 0.3) is 10.9 Å². The van der Waals surface area contributed by atoms with Crippen LogP contribution in [-0.4, -0.2) is 104 Å². The van der Waals surface area contributed by atoms with E-state index in [9.17, 15) is 18.0 Å². The largest absolute Gasteiger partial charge is 0.378 e. The third-order valence-corrected chi connectivity index (χ3v) is 8.35. The molecule has 10 heteroatoms. The Morgan fingerprint density at radius 3 is 2.18 bits per heavy atom. The Labute approximate surface area is 200 Å². The van der Waals surface area contributed by atoms with Gasteiger partial charge >= 0.3 is 0 Å². The van der Waals surface area contributed by atoms with Crippen LogP contribution < -0.4 is 0 Å². The van der Waals surface area contributed by atoms with Crippen molar-refractivity contribution >= 4 is 32.7 Å². The lowest BCUT2D eigenvalue weighted by atomic mass is 10.1. The summed E-state index contributed by atoms with van der Waals surface area (Å²) in [5.41, 5.74) is 1.01. The van der Waals surface area contributed by atoms with Gasteiger partial charge in [-0.3, -0.25) is 14.5 Å². The molecule has 184 valence electrons. The van der Waals surface area contributed by atoms with Gasteiger partial charge in [-0.15, -0.1) is 0 Å². The van der Waals surface area contributed by atoms with Crippen molar-refractivity contribution in [3.63, 3.8) is 0 Å². The zero-order chi connectivity index (χ0) is 23.9. The first-order valence-electron chi connectivity index (χ1n) is 12.1. The van der Waals surface area contributed by atoms with E-state index < -0.39 is 10.0 Å². The molecular formula is C24H32N4O5S. The van der Waals surface area contributed by atoms with Crippen molar-refractivity contribution in [2.45, 2.75) is 31.7 Å². The summed E-state index contributed by atoms with van der Waals surface area (Å²) in [4.78, 5) is 32.4. The Morgan fingerprint density at radius 2 is 1.53 bits per heavy atom. The molecule has 2 aromatic rings. The highest BCUT2D eigenvalue weighted by molar-refractivity contribution is 7.89. The molecule has 0 radical (unpaired) electrons. The second kappa shape index (κ2) is 9.31. The number of hydrogen-bond acceptors (Lipinski definition) is 6. The van der Waals surface area contributed by atoms with Crippen LogP contribution in [0.4, 0.5) is 0 Å². The molecule has 1 saturated carbocycles. The van der Waals surface area contributed by atoms with Crippen LogP contribution in [0.2, 0.25) is 0 Å². The van der Waals surface area contributed by atoms with Crippen molar-refractivity contribution in [3.8, 4) is 0 Å². The molecule has 0 spiro atoms. The molecule has 34 heavy (non-hydrogen) atoms. The second-order valence-corrected chi connectivity index (χ2v) is 11.3. The van der Waals surface area contributed by atoms with E-state index in [1.807, 2.05) is 4.90 Å². The van der Waals surface area contributed by atoms with Gasteiger partial charge in [0.1, 0.15) is 5.69 Å². The molecule has 2 amide bonds. The van der Waals surface area contributed by atoms with Crippen molar-refractivity contribution in [1.29, 1.82) is 0 Å². The molecule has 5 rings (SSSR count). The SMILES string of the molecule is CS(=O)(=O)n1c(C(=O)N2CCOCC2)cc2cc(C(=O)N3CCN(C4CCCC4)CC3)ccc21. The highest BCUT2D eigenvalue weighted by atomic mass is 32.2.